The number of benzene rings is 4. The molecule has 0 heterocycles. The Hall–Kier alpha value is -5.84. The number of nitrogens with two attached hydrogens (primary N) is 2. The molecule has 4 aromatic carbocycles. The number of hydrogen-bond donors (Lipinski definition) is 4. The normalized spacial score (nSPS) is 11.9. The Bertz CT molecular complexity index is 1850. The van der Waals surface area contributed by atoms with Crippen molar-refractivity contribution in [1.29, 1.82) is 0 Å². The molecular formula is C39H45N5O6. The molecule has 262 valence electrons. The fourth-order valence-electron chi connectivity index (χ4n) is 5.66. The van der Waals surface area contributed by atoms with Crippen molar-refractivity contribution in [2.45, 2.75) is 44.2 Å². The van der Waals surface area contributed by atoms with Crippen molar-refractivity contribution in [3.05, 3.63) is 98.1 Å². The molecule has 0 aliphatic rings. The minimum absolute atomic E-state index is 0.0673. The molecule has 11 heteroatoms. The van der Waals surface area contributed by atoms with E-state index in [4.69, 9.17) is 25.7 Å². The van der Waals surface area contributed by atoms with Crippen molar-refractivity contribution in [3.8, 4) is 22.6 Å². The van der Waals surface area contributed by atoms with Crippen LogP contribution in [0.15, 0.2) is 103 Å². The molecule has 0 spiro atoms. The molecule has 2 atom stereocenters. The highest BCUT2D eigenvalue weighted by Crippen LogP contribution is 2.45. The average Bonchev–Trinajstić information content (AvgIpc) is 3.12. The van der Waals surface area contributed by atoms with Crippen molar-refractivity contribution >= 4 is 45.3 Å². The van der Waals surface area contributed by atoms with Crippen LogP contribution in [0.1, 0.15) is 32.1 Å². The van der Waals surface area contributed by atoms with Crippen LogP contribution in [0.25, 0.3) is 32.7 Å². The van der Waals surface area contributed by atoms with Gasteiger partial charge in [0.25, 0.3) is 0 Å². The van der Waals surface area contributed by atoms with E-state index in [1.54, 1.807) is 6.08 Å². The van der Waals surface area contributed by atoms with E-state index in [-0.39, 0.29) is 44.3 Å². The maximum absolute atomic E-state index is 13.2. The Balaban J connectivity index is 1.51. The summed E-state index contributed by atoms with van der Waals surface area (Å²) in [4.78, 5) is 42.5. The van der Waals surface area contributed by atoms with Gasteiger partial charge in [0.05, 0.1) is 13.7 Å². The predicted molar refractivity (Wildman–Crippen MR) is 198 cm³/mol. The van der Waals surface area contributed by atoms with Crippen LogP contribution in [-0.2, 0) is 19.1 Å². The number of carbonyl (C=O) groups is 3. The van der Waals surface area contributed by atoms with E-state index in [0.717, 1.165) is 32.7 Å². The zero-order chi connectivity index (χ0) is 35.9. The quantitative estimate of drug-likeness (QED) is 0.0347. The summed E-state index contributed by atoms with van der Waals surface area (Å²) in [5, 5.41) is 9.57. The number of hydrogen-bond acceptors (Lipinski definition) is 7. The minimum atomic E-state index is -0.934. The van der Waals surface area contributed by atoms with Gasteiger partial charge in [-0.05, 0) is 59.4 Å². The Morgan fingerprint density at radius 2 is 1.42 bits per heavy atom. The molecule has 0 saturated carbocycles. The molecule has 0 bridgehead atoms. The van der Waals surface area contributed by atoms with Crippen molar-refractivity contribution in [2.24, 2.45) is 16.5 Å². The molecule has 6 N–H and O–H groups in total. The lowest BCUT2D eigenvalue weighted by Gasteiger charge is -2.22. The van der Waals surface area contributed by atoms with Crippen LogP contribution >= 0.6 is 0 Å². The molecule has 0 fully saturated rings. The summed E-state index contributed by atoms with van der Waals surface area (Å²) in [5.41, 5.74) is 12.6. The maximum atomic E-state index is 13.2. The fraction of sp³-hybridized carbons (Fsp3) is 0.282. The Kier molecular flexibility index (Phi) is 13.8. The number of methoxy groups -OCH3 is 1. The number of fused-ring (bicyclic) bond motifs is 2. The first kappa shape index (κ1) is 37.0. The van der Waals surface area contributed by atoms with Gasteiger partial charge in [0.2, 0.25) is 11.8 Å². The second kappa shape index (κ2) is 18.6. The van der Waals surface area contributed by atoms with E-state index < -0.39 is 24.0 Å². The third-order valence-corrected chi connectivity index (χ3v) is 8.00. The van der Waals surface area contributed by atoms with Gasteiger partial charge in [-0.2, -0.15) is 0 Å². The molecule has 0 aliphatic heterocycles. The van der Waals surface area contributed by atoms with Gasteiger partial charge in [-0.3, -0.25) is 14.6 Å². The maximum Gasteiger partial charge on any atom is 0.328 e. The molecular weight excluding hydrogens is 634 g/mol. The molecule has 11 nitrogen and oxygen atoms in total. The first-order valence-electron chi connectivity index (χ1n) is 16.5. The third-order valence-electron chi connectivity index (χ3n) is 8.00. The van der Waals surface area contributed by atoms with E-state index in [9.17, 15) is 14.4 Å². The summed E-state index contributed by atoms with van der Waals surface area (Å²) in [6.45, 7) is 8.30. The largest absolute Gasteiger partial charge is 0.493 e. The Morgan fingerprint density at radius 1 is 0.800 bits per heavy atom. The number of esters is 1. The van der Waals surface area contributed by atoms with Gasteiger partial charge in [0, 0.05) is 24.1 Å². The van der Waals surface area contributed by atoms with Gasteiger partial charge in [-0.15, -0.1) is 6.58 Å². The average molecular weight is 680 g/mol. The number of guanidine groups is 1. The second-order valence-electron chi connectivity index (χ2n) is 11.5. The zero-order valence-corrected chi connectivity index (χ0v) is 28.4. The van der Waals surface area contributed by atoms with Crippen molar-refractivity contribution < 1.29 is 28.6 Å². The minimum Gasteiger partial charge on any atom is -0.493 e. The molecule has 2 unspecified atom stereocenters. The number of carbonyl (C=O) groups excluding carboxylic acids is 3. The van der Waals surface area contributed by atoms with Crippen LogP contribution in [0.5, 0.6) is 11.5 Å². The molecule has 50 heavy (non-hydrogen) atoms. The van der Waals surface area contributed by atoms with E-state index in [1.807, 2.05) is 48.5 Å². The zero-order valence-electron chi connectivity index (χ0n) is 28.4. The topological polar surface area (TPSA) is 167 Å². The summed E-state index contributed by atoms with van der Waals surface area (Å²) in [6.07, 6.45) is 4.51. The summed E-state index contributed by atoms with van der Waals surface area (Å²) >= 11 is 0. The van der Waals surface area contributed by atoms with Crippen LogP contribution < -0.4 is 31.6 Å². The molecule has 0 aromatic heterocycles. The number of nitrogens with zero attached hydrogens (tertiary/aromatic N) is 1. The van der Waals surface area contributed by atoms with Crippen molar-refractivity contribution in [3.63, 3.8) is 0 Å². The third kappa shape index (κ3) is 9.85. The Labute approximate surface area is 292 Å². The summed E-state index contributed by atoms with van der Waals surface area (Å²) < 4.78 is 17.4. The standard InChI is InChI=1S/C39H45N5O6/c1-4-12-31(38(47)48-3)44-37(46)30(17-10-23-42-39(40)41)43-34(45)18-11-25-50-33-22-20-27-14-7-9-16-29(27)36(33)35-28-15-8-6-13-26(28)19-21-32(35)49-24-5-2/h4-9,13-16,19-22,30-31H,1-2,10-12,17-18,23-25H2,3H3,(H,43,45)(H,44,46)(H4,40,41,42). The first-order chi connectivity index (χ1) is 24.3. The summed E-state index contributed by atoms with van der Waals surface area (Å²) in [5.74, 6) is -0.198. The summed E-state index contributed by atoms with van der Waals surface area (Å²) in [6, 6.07) is 22.3. The van der Waals surface area contributed by atoms with E-state index in [0.29, 0.717) is 30.9 Å². The number of nitrogens with one attached hydrogen (secondary N) is 2. The number of aliphatic imine (C=N–C) groups is 1. The van der Waals surface area contributed by atoms with Gasteiger partial charge in [0.15, 0.2) is 5.96 Å². The molecule has 4 aromatic rings. The summed E-state index contributed by atoms with van der Waals surface area (Å²) in [7, 11) is 1.24. The highest BCUT2D eigenvalue weighted by Gasteiger charge is 2.26. The van der Waals surface area contributed by atoms with Gasteiger partial charge in [0.1, 0.15) is 30.2 Å². The SMILES string of the molecule is C=CCOc1ccc2ccccc2c1-c1c(OCCCC(=O)NC(CCCN=C(N)N)C(=O)NC(CC=C)C(=O)OC)ccc2ccccc12. The van der Waals surface area contributed by atoms with Gasteiger partial charge in [-0.1, -0.05) is 79.4 Å². The van der Waals surface area contributed by atoms with Crippen LogP contribution in [-0.4, -0.2) is 62.7 Å². The first-order valence-corrected chi connectivity index (χ1v) is 16.5. The Morgan fingerprint density at radius 3 is 2.00 bits per heavy atom. The lowest BCUT2D eigenvalue weighted by Crippen LogP contribution is -2.51. The van der Waals surface area contributed by atoms with E-state index in [1.165, 1.54) is 13.2 Å². The molecule has 0 saturated heterocycles. The predicted octanol–water partition coefficient (Wildman–Crippen LogP) is 5.16. The van der Waals surface area contributed by atoms with Gasteiger partial charge < -0.3 is 36.3 Å². The van der Waals surface area contributed by atoms with Gasteiger partial charge >= 0.3 is 5.97 Å². The number of rotatable bonds is 19. The van der Waals surface area contributed by atoms with Crippen LogP contribution in [0.3, 0.4) is 0 Å². The lowest BCUT2D eigenvalue weighted by molar-refractivity contribution is -0.145. The van der Waals surface area contributed by atoms with Crippen LogP contribution in [0.2, 0.25) is 0 Å². The van der Waals surface area contributed by atoms with Crippen molar-refractivity contribution in [1.82, 2.24) is 10.6 Å². The molecule has 4 rings (SSSR count). The van der Waals surface area contributed by atoms with Crippen LogP contribution in [0, 0.1) is 0 Å². The highest BCUT2D eigenvalue weighted by atomic mass is 16.5. The lowest BCUT2D eigenvalue weighted by atomic mass is 9.92. The fourth-order valence-corrected chi connectivity index (χ4v) is 5.66. The molecule has 0 aliphatic carbocycles. The van der Waals surface area contributed by atoms with Gasteiger partial charge in [-0.25, -0.2) is 4.79 Å². The number of amides is 2. The smallest absolute Gasteiger partial charge is 0.328 e. The van der Waals surface area contributed by atoms with Crippen LogP contribution in [0.4, 0.5) is 0 Å². The van der Waals surface area contributed by atoms with Crippen molar-refractivity contribution in [2.75, 3.05) is 26.9 Å². The van der Waals surface area contributed by atoms with E-state index >= 15 is 0 Å². The number of ether oxygens (including phenoxy) is 3. The highest BCUT2D eigenvalue weighted by molar-refractivity contribution is 6.09. The second-order valence-corrected chi connectivity index (χ2v) is 11.5. The molecule has 2 amide bonds. The van der Waals surface area contributed by atoms with E-state index in [2.05, 4.69) is 53.0 Å². The monoisotopic (exact) mass is 679 g/mol. The molecule has 0 radical (unpaired) electrons.